The van der Waals surface area contributed by atoms with Gasteiger partial charge in [0, 0.05) is 11.6 Å². The Balaban J connectivity index is 2.01. The number of nitrogens with zero attached hydrogens (tertiary/aromatic N) is 3. The van der Waals surface area contributed by atoms with E-state index in [-0.39, 0.29) is 27.4 Å². The van der Waals surface area contributed by atoms with Gasteiger partial charge >= 0.3 is 5.97 Å². The summed E-state index contributed by atoms with van der Waals surface area (Å²) >= 11 is 7.04. The molecule has 1 atom stereocenters. The molecule has 0 spiro atoms. The van der Waals surface area contributed by atoms with Crippen LogP contribution in [0.5, 0.6) is 11.5 Å². The lowest BCUT2D eigenvalue weighted by Crippen LogP contribution is -2.40. The van der Waals surface area contributed by atoms with E-state index in [0.717, 1.165) is 11.3 Å². The van der Waals surface area contributed by atoms with E-state index in [1.165, 1.54) is 29.9 Å². The van der Waals surface area contributed by atoms with Crippen molar-refractivity contribution in [1.29, 1.82) is 0 Å². The van der Waals surface area contributed by atoms with Crippen LogP contribution in [0.1, 0.15) is 37.9 Å². The fourth-order valence-corrected chi connectivity index (χ4v) is 5.44. The fourth-order valence-electron chi connectivity index (χ4n) is 4.20. The van der Waals surface area contributed by atoms with Crippen LogP contribution < -0.4 is 24.4 Å². The molecule has 1 aliphatic heterocycles. The molecule has 0 fully saturated rings. The number of rotatable bonds is 8. The molecule has 0 radical (unpaired) electrons. The number of allylic oxidation sites excluding steroid dienone is 1. The van der Waals surface area contributed by atoms with E-state index >= 15 is 0 Å². The molecule has 12 heteroatoms. The summed E-state index contributed by atoms with van der Waals surface area (Å²) in [5.74, 6) is 0.228. The number of para-hydroxylation sites is 1. The van der Waals surface area contributed by atoms with Crippen molar-refractivity contribution in [3.63, 3.8) is 0 Å². The molecule has 0 unspecified atom stereocenters. The summed E-state index contributed by atoms with van der Waals surface area (Å²) in [6, 6.07) is 8.60. The van der Waals surface area contributed by atoms with Gasteiger partial charge in [0.1, 0.15) is 11.1 Å². The summed E-state index contributed by atoms with van der Waals surface area (Å²) in [6.45, 7) is 5.65. The van der Waals surface area contributed by atoms with Gasteiger partial charge in [-0.15, -0.1) is 0 Å². The Kier molecular flexibility index (Phi) is 7.98. The molecule has 2 aromatic carbocycles. The van der Waals surface area contributed by atoms with Crippen LogP contribution in [-0.4, -0.2) is 35.8 Å². The van der Waals surface area contributed by atoms with E-state index in [0.29, 0.717) is 39.7 Å². The topological polar surface area (TPSA) is 122 Å². The van der Waals surface area contributed by atoms with Crippen LogP contribution >= 0.6 is 22.9 Å². The first kappa shape index (κ1) is 27.1. The Hall–Kier alpha value is -3.96. The number of ether oxygens (including phenoxy) is 3. The SMILES string of the molecule is CCOC(=O)C1=C(C)N=c2s/c(=C/c3ccc(Cl)c([N+](=O)[O-])c3)c(=O)n2[C@@H]1c1cccc(OC)c1OCC. The average Bonchev–Trinajstić information content (AvgIpc) is 3.18. The zero-order chi connectivity index (χ0) is 27.6. The first-order chi connectivity index (χ1) is 18.2. The van der Waals surface area contributed by atoms with E-state index < -0.39 is 22.5 Å². The molecule has 0 bridgehead atoms. The minimum Gasteiger partial charge on any atom is -0.493 e. The summed E-state index contributed by atoms with van der Waals surface area (Å²) < 4.78 is 18.4. The molecule has 1 aromatic heterocycles. The first-order valence-electron chi connectivity index (χ1n) is 11.6. The Labute approximate surface area is 226 Å². The van der Waals surface area contributed by atoms with Crippen molar-refractivity contribution >= 4 is 40.7 Å². The van der Waals surface area contributed by atoms with Gasteiger partial charge in [0.05, 0.1) is 41.0 Å². The highest BCUT2D eigenvalue weighted by Crippen LogP contribution is 2.40. The zero-order valence-corrected chi connectivity index (χ0v) is 22.6. The number of aromatic nitrogens is 1. The number of nitro groups is 1. The molecule has 10 nitrogen and oxygen atoms in total. The smallest absolute Gasteiger partial charge is 0.338 e. The predicted molar refractivity (Wildman–Crippen MR) is 143 cm³/mol. The molecule has 0 saturated heterocycles. The number of hydrogen-bond acceptors (Lipinski definition) is 9. The first-order valence-corrected chi connectivity index (χ1v) is 12.8. The highest BCUT2D eigenvalue weighted by molar-refractivity contribution is 7.07. The average molecular weight is 558 g/mol. The van der Waals surface area contributed by atoms with Crippen molar-refractivity contribution in [2.75, 3.05) is 20.3 Å². The monoisotopic (exact) mass is 557 g/mol. The van der Waals surface area contributed by atoms with Crippen molar-refractivity contribution < 1.29 is 23.9 Å². The molecule has 0 saturated carbocycles. The van der Waals surface area contributed by atoms with Crippen LogP contribution in [0.15, 0.2) is 57.5 Å². The molecule has 3 aromatic rings. The second-order valence-corrected chi connectivity index (χ2v) is 9.50. The van der Waals surface area contributed by atoms with Gasteiger partial charge in [-0.3, -0.25) is 19.5 Å². The van der Waals surface area contributed by atoms with Gasteiger partial charge in [0.2, 0.25) is 0 Å². The van der Waals surface area contributed by atoms with Gasteiger partial charge in [0.15, 0.2) is 16.3 Å². The minimum absolute atomic E-state index is 0.00945. The van der Waals surface area contributed by atoms with E-state index in [2.05, 4.69) is 4.99 Å². The molecule has 4 rings (SSSR count). The molecule has 2 heterocycles. The highest BCUT2D eigenvalue weighted by Gasteiger charge is 2.36. The van der Waals surface area contributed by atoms with Crippen LogP contribution in [0, 0.1) is 10.1 Å². The van der Waals surface area contributed by atoms with E-state index in [9.17, 15) is 19.7 Å². The molecule has 38 heavy (non-hydrogen) atoms. The number of carbonyl (C=O) groups is 1. The van der Waals surface area contributed by atoms with Gasteiger partial charge < -0.3 is 14.2 Å². The molecule has 0 aliphatic carbocycles. The van der Waals surface area contributed by atoms with Crippen molar-refractivity contribution in [1.82, 2.24) is 4.57 Å². The Morgan fingerprint density at radius 1 is 1.26 bits per heavy atom. The minimum atomic E-state index is -0.913. The molecule has 1 aliphatic rings. The van der Waals surface area contributed by atoms with Crippen LogP contribution in [-0.2, 0) is 9.53 Å². The Morgan fingerprint density at radius 3 is 2.68 bits per heavy atom. The quantitative estimate of drug-likeness (QED) is 0.235. The van der Waals surface area contributed by atoms with Gasteiger partial charge in [0.25, 0.3) is 11.2 Å². The number of esters is 1. The predicted octanol–water partition coefficient (Wildman–Crippen LogP) is 3.77. The third-order valence-electron chi connectivity index (χ3n) is 5.79. The maximum atomic E-state index is 13.8. The third kappa shape index (κ3) is 4.94. The number of carbonyl (C=O) groups excluding carboxylic acids is 1. The summed E-state index contributed by atoms with van der Waals surface area (Å²) in [6.07, 6.45) is 1.53. The van der Waals surface area contributed by atoms with Crippen molar-refractivity contribution in [3.8, 4) is 11.5 Å². The van der Waals surface area contributed by atoms with Gasteiger partial charge in [-0.1, -0.05) is 41.1 Å². The van der Waals surface area contributed by atoms with Crippen molar-refractivity contribution in [2.24, 2.45) is 4.99 Å². The lowest BCUT2D eigenvalue weighted by molar-refractivity contribution is -0.384. The molecule has 198 valence electrons. The molecule has 0 N–H and O–H groups in total. The number of benzene rings is 2. The summed E-state index contributed by atoms with van der Waals surface area (Å²) in [5, 5.41) is 11.3. The summed E-state index contributed by atoms with van der Waals surface area (Å²) in [5.41, 5.74) is 0.829. The van der Waals surface area contributed by atoms with Gasteiger partial charge in [-0.05, 0) is 44.5 Å². The van der Waals surface area contributed by atoms with Crippen LogP contribution in [0.3, 0.4) is 0 Å². The van der Waals surface area contributed by atoms with Gasteiger partial charge in [-0.2, -0.15) is 0 Å². The number of hydrogen-bond donors (Lipinski definition) is 0. The number of thiazole rings is 1. The lowest BCUT2D eigenvalue weighted by atomic mass is 9.94. The molecule has 0 amide bonds. The lowest BCUT2D eigenvalue weighted by Gasteiger charge is -2.26. The number of fused-ring (bicyclic) bond motifs is 1. The van der Waals surface area contributed by atoms with E-state index in [4.69, 9.17) is 25.8 Å². The van der Waals surface area contributed by atoms with E-state index in [1.807, 2.05) is 6.92 Å². The Morgan fingerprint density at radius 2 is 2.03 bits per heavy atom. The largest absolute Gasteiger partial charge is 0.493 e. The molecular formula is C26H24ClN3O7S. The van der Waals surface area contributed by atoms with E-state index in [1.54, 1.807) is 38.1 Å². The summed E-state index contributed by atoms with van der Waals surface area (Å²) in [4.78, 5) is 42.6. The number of nitro benzene ring substituents is 1. The Bertz CT molecular complexity index is 1640. The zero-order valence-electron chi connectivity index (χ0n) is 21.0. The maximum absolute atomic E-state index is 13.8. The maximum Gasteiger partial charge on any atom is 0.338 e. The second kappa shape index (κ2) is 11.2. The summed E-state index contributed by atoms with van der Waals surface area (Å²) in [7, 11) is 1.51. The van der Waals surface area contributed by atoms with Crippen molar-refractivity contribution in [2.45, 2.75) is 26.8 Å². The van der Waals surface area contributed by atoms with Crippen molar-refractivity contribution in [3.05, 3.63) is 93.6 Å². The van der Waals surface area contributed by atoms with Crippen LogP contribution in [0.2, 0.25) is 5.02 Å². The standard InChI is InChI=1S/C26H24ClN3O7S/c1-5-36-23-16(8-7-9-19(23)35-4)22-21(25(32)37-6-2)14(3)28-26-29(22)24(31)20(38-26)13-15-10-11-17(27)18(12-15)30(33)34/h7-13,22H,5-6H2,1-4H3/b20-13+/t22-/m1/s1. The molecular weight excluding hydrogens is 534 g/mol. The number of methoxy groups -OCH3 is 1. The normalized spacial score (nSPS) is 15.1. The fraction of sp³-hybridized carbons (Fsp3) is 0.269. The third-order valence-corrected chi connectivity index (χ3v) is 7.10. The van der Waals surface area contributed by atoms with Crippen LogP contribution in [0.25, 0.3) is 6.08 Å². The second-order valence-electron chi connectivity index (χ2n) is 8.08. The van der Waals surface area contributed by atoms with Crippen LogP contribution in [0.4, 0.5) is 5.69 Å². The van der Waals surface area contributed by atoms with Gasteiger partial charge in [-0.25, -0.2) is 9.79 Å². The number of halogens is 1. The highest BCUT2D eigenvalue weighted by atomic mass is 35.5.